The van der Waals surface area contributed by atoms with Gasteiger partial charge in [-0.3, -0.25) is 4.79 Å². The molecule has 1 aromatic carbocycles. The maximum absolute atomic E-state index is 12.4. The maximum atomic E-state index is 12.4. The summed E-state index contributed by atoms with van der Waals surface area (Å²) in [7, 11) is 0. The average molecular weight is 361 g/mol. The summed E-state index contributed by atoms with van der Waals surface area (Å²) in [6, 6.07) is 7.57. The van der Waals surface area contributed by atoms with Gasteiger partial charge in [0, 0.05) is 15.7 Å². The Bertz CT molecular complexity index is 438. The first kappa shape index (κ1) is 13.8. The molecule has 98 valence electrons. The lowest BCUT2D eigenvalue weighted by Gasteiger charge is -2.37. The lowest BCUT2D eigenvalue weighted by Crippen LogP contribution is -2.52. The molecule has 1 aromatic rings. The summed E-state index contributed by atoms with van der Waals surface area (Å²) < 4.78 is 6.47. The van der Waals surface area contributed by atoms with Crippen molar-refractivity contribution in [2.45, 2.75) is 19.1 Å². The van der Waals surface area contributed by atoms with Gasteiger partial charge in [0.15, 0.2) is 0 Å². The molecule has 1 aliphatic rings. The van der Waals surface area contributed by atoms with E-state index in [1.807, 2.05) is 31.2 Å². The number of nitrogens with zero attached hydrogens (tertiary/aromatic N) is 1. The molecule has 1 saturated heterocycles. The van der Waals surface area contributed by atoms with E-state index in [1.165, 1.54) is 0 Å². The Kier molecular flexibility index (Phi) is 4.58. The molecule has 5 heteroatoms. The van der Waals surface area contributed by atoms with Crippen molar-refractivity contribution in [1.29, 1.82) is 0 Å². The monoisotopic (exact) mass is 361 g/mol. The summed E-state index contributed by atoms with van der Waals surface area (Å²) in [6.07, 6.45) is -0.270. The number of aliphatic hydroxyl groups excluding tert-OH is 1. The minimum Gasteiger partial charge on any atom is -0.394 e. The molecular weight excluding hydrogens is 345 g/mol. The Balaban J connectivity index is 2.16. The fraction of sp³-hybridized carbons (Fsp3) is 0.462. The van der Waals surface area contributed by atoms with Gasteiger partial charge in [-0.1, -0.05) is 6.07 Å². The summed E-state index contributed by atoms with van der Waals surface area (Å²) in [6.45, 7) is 2.82. The molecule has 1 N–H and O–H groups in total. The van der Waals surface area contributed by atoms with Crippen molar-refractivity contribution in [3.8, 4) is 0 Å². The minimum atomic E-state index is -0.270. The molecule has 1 aliphatic heterocycles. The molecule has 1 fully saturated rings. The highest BCUT2D eigenvalue weighted by Crippen LogP contribution is 2.17. The molecule has 0 saturated carbocycles. The van der Waals surface area contributed by atoms with Crippen LogP contribution in [-0.2, 0) is 4.74 Å². The summed E-state index contributed by atoms with van der Waals surface area (Å²) in [5, 5.41) is 9.13. The Morgan fingerprint density at radius 2 is 2.39 bits per heavy atom. The number of rotatable bonds is 2. The van der Waals surface area contributed by atoms with Gasteiger partial charge in [-0.15, -0.1) is 0 Å². The predicted molar refractivity (Wildman–Crippen MR) is 76.5 cm³/mol. The van der Waals surface area contributed by atoms with E-state index in [2.05, 4.69) is 22.6 Å². The van der Waals surface area contributed by atoms with Gasteiger partial charge in [0.1, 0.15) is 0 Å². The van der Waals surface area contributed by atoms with Gasteiger partial charge in [-0.25, -0.2) is 0 Å². The van der Waals surface area contributed by atoms with Crippen LogP contribution in [0.5, 0.6) is 0 Å². The Morgan fingerprint density at radius 3 is 3.06 bits per heavy atom. The number of morpholine rings is 1. The SMILES string of the molecule is CC1COC(CO)CN1C(=O)c1cccc(I)c1. The molecule has 0 radical (unpaired) electrons. The van der Waals surface area contributed by atoms with Crippen LogP contribution in [0.2, 0.25) is 0 Å². The van der Waals surface area contributed by atoms with Gasteiger partial charge in [-0.2, -0.15) is 0 Å². The maximum Gasteiger partial charge on any atom is 0.254 e. The quantitative estimate of drug-likeness (QED) is 0.813. The smallest absolute Gasteiger partial charge is 0.254 e. The number of hydrogen-bond donors (Lipinski definition) is 1. The van der Waals surface area contributed by atoms with Gasteiger partial charge < -0.3 is 14.7 Å². The van der Waals surface area contributed by atoms with E-state index in [1.54, 1.807) is 4.90 Å². The normalized spacial score (nSPS) is 24.1. The van der Waals surface area contributed by atoms with E-state index in [4.69, 9.17) is 9.84 Å². The summed E-state index contributed by atoms with van der Waals surface area (Å²) in [4.78, 5) is 14.2. The van der Waals surface area contributed by atoms with Crippen LogP contribution in [-0.4, -0.2) is 47.8 Å². The molecule has 2 unspecified atom stereocenters. The fourth-order valence-corrected chi connectivity index (χ4v) is 2.54. The Hall–Kier alpha value is -0.660. The third-order valence-electron chi connectivity index (χ3n) is 3.04. The van der Waals surface area contributed by atoms with Gasteiger partial charge in [-0.05, 0) is 47.7 Å². The molecule has 1 amide bonds. The standard InChI is InChI=1S/C13H16INO3/c1-9-8-18-12(7-16)6-15(9)13(17)10-3-2-4-11(14)5-10/h2-5,9,12,16H,6-8H2,1H3. The highest BCUT2D eigenvalue weighted by Gasteiger charge is 2.29. The lowest BCUT2D eigenvalue weighted by atomic mass is 10.1. The number of amides is 1. The van der Waals surface area contributed by atoms with Crippen LogP contribution in [0.4, 0.5) is 0 Å². The summed E-state index contributed by atoms with van der Waals surface area (Å²) >= 11 is 2.19. The van der Waals surface area contributed by atoms with E-state index >= 15 is 0 Å². The lowest BCUT2D eigenvalue weighted by molar-refractivity contribution is -0.0667. The number of ether oxygens (including phenoxy) is 1. The summed E-state index contributed by atoms with van der Waals surface area (Å²) in [5.41, 5.74) is 0.687. The molecule has 4 nitrogen and oxygen atoms in total. The fourth-order valence-electron chi connectivity index (χ4n) is 2.00. The van der Waals surface area contributed by atoms with Crippen molar-refractivity contribution in [1.82, 2.24) is 4.90 Å². The highest BCUT2D eigenvalue weighted by molar-refractivity contribution is 14.1. The van der Waals surface area contributed by atoms with Crippen molar-refractivity contribution in [3.63, 3.8) is 0 Å². The molecule has 0 spiro atoms. The number of carbonyl (C=O) groups excluding carboxylic acids is 1. The Labute approximate surface area is 120 Å². The molecule has 0 aliphatic carbocycles. The second-order valence-electron chi connectivity index (χ2n) is 4.45. The van der Waals surface area contributed by atoms with Crippen molar-refractivity contribution in [2.75, 3.05) is 19.8 Å². The first-order valence-corrected chi connectivity index (χ1v) is 6.98. The average Bonchev–Trinajstić information content (AvgIpc) is 2.38. The van der Waals surface area contributed by atoms with Gasteiger partial charge in [0.25, 0.3) is 5.91 Å². The van der Waals surface area contributed by atoms with Crippen LogP contribution in [0.25, 0.3) is 0 Å². The number of halogens is 1. The first-order valence-electron chi connectivity index (χ1n) is 5.91. The van der Waals surface area contributed by atoms with Gasteiger partial charge in [0.05, 0.1) is 25.4 Å². The second kappa shape index (κ2) is 5.99. The van der Waals surface area contributed by atoms with Gasteiger partial charge >= 0.3 is 0 Å². The zero-order valence-corrected chi connectivity index (χ0v) is 12.3. The van der Waals surface area contributed by atoms with Crippen molar-refractivity contribution in [2.24, 2.45) is 0 Å². The van der Waals surface area contributed by atoms with Crippen LogP contribution >= 0.6 is 22.6 Å². The van der Waals surface area contributed by atoms with Crippen LogP contribution in [0.1, 0.15) is 17.3 Å². The number of hydrogen-bond acceptors (Lipinski definition) is 3. The van der Waals surface area contributed by atoms with Crippen LogP contribution in [0.3, 0.4) is 0 Å². The minimum absolute atomic E-state index is 0.00256. The predicted octanol–water partition coefficient (Wildman–Crippen LogP) is 1.51. The molecule has 18 heavy (non-hydrogen) atoms. The third-order valence-corrected chi connectivity index (χ3v) is 3.71. The first-order chi connectivity index (χ1) is 8.61. The van der Waals surface area contributed by atoms with E-state index in [0.29, 0.717) is 18.7 Å². The van der Waals surface area contributed by atoms with Crippen LogP contribution in [0, 0.1) is 3.57 Å². The van der Waals surface area contributed by atoms with Gasteiger partial charge in [0.2, 0.25) is 0 Å². The zero-order chi connectivity index (χ0) is 13.1. The largest absolute Gasteiger partial charge is 0.394 e. The zero-order valence-electron chi connectivity index (χ0n) is 10.2. The number of aliphatic hydroxyl groups is 1. The number of carbonyl (C=O) groups is 1. The van der Waals surface area contributed by atoms with E-state index in [9.17, 15) is 4.79 Å². The van der Waals surface area contributed by atoms with Crippen LogP contribution in [0.15, 0.2) is 24.3 Å². The molecule has 0 bridgehead atoms. The molecule has 0 aromatic heterocycles. The van der Waals surface area contributed by atoms with Crippen molar-refractivity contribution in [3.05, 3.63) is 33.4 Å². The highest BCUT2D eigenvalue weighted by atomic mass is 127. The topological polar surface area (TPSA) is 49.8 Å². The summed E-state index contributed by atoms with van der Waals surface area (Å²) in [5.74, 6) is 0.00256. The van der Waals surface area contributed by atoms with Crippen LogP contribution < -0.4 is 0 Å². The van der Waals surface area contributed by atoms with E-state index in [-0.39, 0.29) is 24.7 Å². The third kappa shape index (κ3) is 3.02. The second-order valence-corrected chi connectivity index (χ2v) is 5.70. The molecule has 2 rings (SSSR count). The molecular formula is C13H16INO3. The van der Waals surface area contributed by atoms with Crippen molar-refractivity contribution >= 4 is 28.5 Å². The Morgan fingerprint density at radius 1 is 1.61 bits per heavy atom. The molecule has 1 heterocycles. The van der Waals surface area contributed by atoms with Crippen molar-refractivity contribution < 1.29 is 14.6 Å². The van der Waals surface area contributed by atoms with E-state index < -0.39 is 0 Å². The number of benzene rings is 1. The molecule has 2 atom stereocenters. The van der Waals surface area contributed by atoms with E-state index in [0.717, 1.165) is 3.57 Å².